The molecule has 0 aromatic heterocycles. The van der Waals surface area contributed by atoms with E-state index in [1.165, 1.54) is 43.2 Å². The topological polar surface area (TPSA) is 0 Å². The molecule has 2 heterocycles. The second-order valence-corrected chi connectivity index (χ2v) is 19.2. The van der Waals surface area contributed by atoms with Crippen LogP contribution in [0, 0.1) is 5.92 Å². The predicted molar refractivity (Wildman–Crippen MR) is 182 cm³/mol. The molecule has 2 heteroatoms. The molecule has 0 atom stereocenters. The second kappa shape index (κ2) is 15.7. The van der Waals surface area contributed by atoms with E-state index in [9.17, 15) is 0 Å². The Kier molecular flexibility index (Phi) is 14.5. The van der Waals surface area contributed by atoms with E-state index < -0.39 is 0 Å². The highest BCUT2D eigenvalue weighted by atomic mass is 31.1. The van der Waals surface area contributed by atoms with Crippen LogP contribution in [0.3, 0.4) is 0 Å². The Bertz CT molecular complexity index is 902. The average Bonchev–Trinajstić information content (AvgIpc) is 2.79. The Morgan fingerprint density at radius 2 is 1.00 bits per heavy atom. The lowest BCUT2D eigenvalue weighted by atomic mass is 9.83. The standard InChI is InChI=1S/C16H25P.C16H23P.2C2H6/c2*1-15(2)11-14(12-16(3,4)17-15)10-13-8-6-5-7-9-13;2*1-2/h5-9,14,17H,10-12H2,1-4H3;5-10,17H,11-12H2,1-4H3;2*1-2H3. The molecule has 2 fully saturated rings. The monoisotopic (exact) mass is 554 g/mol. The zero-order valence-corrected chi connectivity index (χ0v) is 29.0. The summed E-state index contributed by atoms with van der Waals surface area (Å²) >= 11 is 0. The highest BCUT2D eigenvalue weighted by Gasteiger charge is 2.38. The van der Waals surface area contributed by atoms with Crippen molar-refractivity contribution in [3.05, 3.63) is 77.4 Å². The van der Waals surface area contributed by atoms with Crippen LogP contribution in [0.25, 0.3) is 6.08 Å². The summed E-state index contributed by atoms with van der Waals surface area (Å²) in [5.41, 5.74) is 4.47. The molecule has 0 N–H and O–H groups in total. The molecule has 0 bridgehead atoms. The van der Waals surface area contributed by atoms with E-state index in [1.54, 1.807) is 5.57 Å². The van der Waals surface area contributed by atoms with Gasteiger partial charge in [-0.2, -0.15) is 0 Å². The van der Waals surface area contributed by atoms with Gasteiger partial charge in [0.15, 0.2) is 0 Å². The molecule has 2 aromatic rings. The van der Waals surface area contributed by atoms with Gasteiger partial charge in [-0.1, -0.05) is 155 Å². The molecule has 0 unspecified atom stereocenters. The second-order valence-electron chi connectivity index (χ2n) is 13.3. The molecule has 0 nitrogen and oxygen atoms in total. The minimum absolute atomic E-state index is 0.475. The van der Waals surface area contributed by atoms with E-state index in [1.807, 2.05) is 27.7 Å². The van der Waals surface area contributed by atoms with E-state index in [0.29, 0.717) is 20.6 Å². The Balaban J connectivity index is 0.000000336. The summed E-state index contributed by atoms with van der Waals surface area (Å²) in [5, 5.41) is 2.03. The summed E-state index contributed by atoms with van der Waals surface area (Å²) in [5.74, 6) is 0.864. The fraction of sp³-hybridized carbons (Fsp3) is 0.611. The Morgan fingerprint density at radius 1 is 0.605 bits per heavy atom. The van der Waals surface area contributed by atoms with Gasteiger partial charge in [0.25, 0.3) is 0 Å². The van der Waals surface area contributed by atoms with Crippen molar-refractivity contribution >= 4 is 23.2 Å². The van der Waals surface area contributed by atoms with Crippen molar-refractivity contribution in [1.29, 1.82) is 0 Å². The fourth-order valence-corrected chi connectivity index (χ4v) is 11.8. The van der Waals surface area contributed by atoms with Crippen LogP contribution >= 0.6 is 17.2 Å². The van der Waals surface area contributed by atoms with Gasteiger partial charge in [-0.3, -0.25) is 0 Å². The van der Waals surface area contributed by atoms with Crippen LogP contribution < -0.4 is 0 Å². The third-order valence-electron chi connectivity index (χ3n) is 6.83. The lowest BCUT2D eigenvalue weighted by Gasteiger charge is -2.45. The normalized spacial score (nSPS) is 23.5. The van der Waals surface area contributed by atoms with E-state index in [4.69, 9.17) is 0 Å². The Morgan fingerprint density at radius 3 is 1.45 bits per heavy atom. The van der Waals surface area contributed by atoms with Gasteiger partial charge in [0.05, 0.1) is 0 Å². The van der Waals surface area contributed by atoms with Crippen molar-refractivity contribution in [2.24, 2.45) is 5.92 Å². The summed E-state index contributed by atoms with van der Waals surface area (Å²) in [6.07, 6.45) is 8.95. The molecular formula is C36H60P2. The van der Waals surface area contributed by atoms with Gasteiger partial charge in [-0.05, 0) is 69.8 Å². The third-order valence-corrected chi connectivity index (χ3v) is 10.3. The summed E-state index contributed by atoms with van der Waals surface area (Å²) < 4.78 is 0. The quantitative estimate of drug-likeness (QED) is 0.331. The van der Waals surface area contributed by atoms with Gasteiger partial charge < -0.3 is 0 Å². The van der Waals surface area contributed by atoms with Crippen LogP contribution in [-0.4, -0.2) is 20.6 Å². The lowest BCUT2D eigenvalue weighted by Crippen LogP contribution is -2.35. The largest absolute Gasteiger partial charge is 0.110 e. The van der Waals surface area contributed by atoms with Crippen LogP contribution in [0.4, 0.5) is 0 Å². The minimum atomic E-state index is 0.475. The number of hydrogen-bond donors (Lipinski definition) is 0. The molecule has 0 aliphatic carbocycles. The first kappa shape index (κ1) is 35.1. The Labute approximate surface area is 241 Å². The van der Waals surface area contributed by atoms with E-state index in [0.717, 1.165) is 23.1 Å². The molecule has 0 amide bonds. The molecule has 38 heavy (non-hydrogen) atoms. The molecule has 2 aliphatic rings. The molecule has 0 radical (unpaired) electrons. The molecule has 2 aliphatic heterocycles. The van der Waals surface area contributed by atoms with Gasteiger partial charge >= 0.3 is 0 Å². The summed E-state index contributed by atoms with van der Waals surface area (Å²) in [6, 6.07) is 21.7. The predicted octanol–water partition coefficient (Wildman–Crippen LogP) is 12.0. The van der Waals surface area contributed by atoms with Crippen LogP contribution in [0.1, 0.15) is 120 Å². The van der Waals surface area contributed by atoms with Crippen LogP contribution in [-0.2, 0) is 6.42 Å². The van der Waals surface area contributed by atoms with Crippen LogP contribution in [0.5, 0.6) is 0 Å². The molecule has 2 aromatic carbocycles. The van der Waals surface area contributed by atoms with Gasteiger partial charge in [-0.15, -0.1) is 17.2 Å². The maximum Gasteiger partial charge on any atom is -0.0136 e. The number of allylic oxidation sites excluding steroid dienone is 1. The number of benzene rings is 2. The summed E-state index contributed by atoms with van der Waals surface area (Å²) in [6.45, 7) is 27.4. The van der Waals surface area contributed by atoms with Crippen molar-refractivity contribution in [1.82, 2.24) is 0 Å². The summed E-state index contributed by atoms with van der Waals surface area (Å²) in [4.78, 5) is 0. The van der Waals surface area contributed by atoms with Crippen molar-refractivity contribution in [2.75, 3.05) is 0 Å². The fourth-order valence-electron chi connectivity index (χ4n) is 6.71. The zero-order valence-electron chi connectivity index (χ0n) is 27.0. The molecule has 0 saturated carbocycles. The van der Waals surface area contributed by atoms with Gasteiger partial charge in [0.2, 0.25) is 0 Å². The van der Waals surface area contributed by atoms with Gasteiger partial charge in [0, 0.05) is 0 Å². The number of hydrogen-bond acceptors (Lipinski definition) is 0. The smallest absolute Gasteiger partial charge is 0.0136 e. The third kappa shape index (κ3) is 13.4. The van der Waals surface area contributed by atoms with Crippen molar-refractivity contribution < 1.29 is 0 Å². The van der Waals surface area contributed by atoms with E-state index >= 15 is 0 Å². The van der Waals surface area contributed by atoms with E-state index in [-0.39, 0.29) is 0 Å². The molecule has 4 rings (SSSR count). The SMILES string of the molecule is CC.CC.CC1(C)CC(=Cc2ccccc2)CC(C)(C)P1.CC1(C)CC(Cc2ccccc2)CC(C)(C)P1. The molecule has 0 spiro atoms. The minimum Gasteiger partial charge on any atom is -0.110 e. The number of rotatable bonds is 3. The lowest BCUT2D eigenvalue weighted by molar-refractivity contribution is 0.340. The first-order chi connectivity index (χ1) is 17.7. The molecule has 214 valence electrons. The zero-order chi connectivity index (χ0) is 29.0. The highest BCUT2D eigenvalue weighted by molar-refractivity contribution is 7.42. The van der Waals surface area contributed by atoms with E-state index in [2.05, 4.69) is 122 Å². The Hall–Kier alpha value is -0.960. The van der Waals surface area contributed by atoms with Crippen molar-refractivity contribution in [3.63, 3.8) is 0 Å². The average molecular weight is 555 g/mol. The van der Waals surface area contributed by atoms with Gasteiger partial charge in [-0.25, -0.2) is 0 Å². The van der Waals surface area contributed by atoms with Gasteiger partial charge in [0.1, 0.15) is 0 Å². The first-order valence-corrected chi connectivity index (χ1v) is 17.1. The molecular weight excluding hydrogens is 494 g/mol. The first-order valence-electron chi connectivity index (χ1n) is 15.1. The molecule has 2 saturated heterocycles. The van der Waals surface area contributed by atoms with Crippen molar-refractivity contribution in [2.45, 2.75) is 136 Å². The maximum atomic E-state index is 2.45. The van der Waals surface area contributed by atoms with Crippen molar-refractivity contribution in [3.8, 4) is 0 Å². The van der Waals surface area contributed by atoms with Crippen LogP contribution in [0.15, 0.2) is 66.2 Å². The maximum absolute atomic E-state index is 2.45. The van der Waals surface area contributed by atoms with Crippen LogP contribution in [0.2, 0.25) is 0 Å². The summed E-state index contributed by atoms with van der Waals surface area (Å²) in [7, 11) is 2.16. The highest BCUT2D eigenvalue weighted by Crippen LogP contribution is 2.55.